The molecule has 0 amide bonds. The summed E-state index contributed by atoms with van der Waals surface area (Å²) >= 11 is 7.95. The fourth-order valence-electron chi connectivity index (χ4n) is 4.47. The van der Waals surface area contributed by atoms with Gasteiger partial charge in [-0.3, -0.25) is 0 Å². The highest BCUT2D eigenvalue weighted by molar-refractivity contribution is 7.99. The monoisotopic (exact) mass is 542 g/mol. The average molecular weight is 543 g/mol. The van der Waals surface area contributed by atoms with Gasteiger partial charge in [-0.2, -0.15) is 4.98 Å². The third-order valence-corrected chi connectivity index (χ3v) is 7.21. The summed E-state index contributed by atoms with van der Waals surface area (Å²) in [6, 6.07) is 12.6. The lowest BCUT2D eigenvalue weighted by Gasteiger charge is -2.37. The second kappa shape index (κ2) is 12.4. The van der Waals surface area contributed by atoms with Crippen molar-refractivity contribution in [2.75, 3.05) is 73.2 Å². The highest BCUT2D eigenvalue weighted by Gasteiger charge is 2.23. The molecule has 4 rings (SSSR count). The van der Waals surface area contributed by atoms with E-state index in [0.717, 1.165) is 54.4 Å². The van der Waals surface area contributed by atoms with Crippen molar-refractivity contribution in [2.24, 2.45) is 0 Å². The molecule has 2 aromatic carbocycles. The van der Waals surface area contributed by atoms with Gasteiger partial charge in [0.25, 0.3) is 0 Å². The number of ether oxygens (including phenoxy) is 1. The molecule has 1 aliphatic heterocycles. The van der Waals surface area contributed by atoms with Crippen LogP contribution >= 0.6 is 23.5 Å². The summed E-state index contributed by atoms with van der Waals surface area (Å²) in [6.45, 7) is 1.99. The number of para-hydroxylation sites is 2. The summed E-state index contributed by atoms with van der Waals surface area (Å²) in [5.41, 5.74) is 4.69. The summed E-state index contributed by atoms with van der Waals surface area (Å²) in [5, 5.41) is 10.4. The lowest BCUT2D eigenvalue weighted by atomic mass is 10.0. The van der Waals surface area contributed by atoms with Gasteiger partial charge >= 0.3 is 0 Å². The molecule has 9 nitrogen and oxygen atoms in total. The van der Waals surface area contributed by atoms with Gasteiger partial charge in [-0.15, -0.1) is 0 Å². The maximum atomic E-state index is 6.44. The van der Waals surface area contributed by atoms with Crippen LogP contribution in [0.25, 0.3) is 0 Å². The third-order valence-electron chi connectivity index (χ3n) is 6.51. The Morgan fingerprint density at radius 2 is 1.78 bits per heavy atom. The second-order valence-electron chi connectivity index (χ2n) is 8.99. The standard InChI is InChI=1S/C26H35ClN8OS/c1-28-21-14-22(24(36-4)15-23(21)35-12-10-17(11-13-35)34(2)3)31-26-29-16-18(27)25(32-26)30-19-8-6-7-9-20(19)33-37-5/h6-9,14-17,28,33H,10-13H2,1-5H3,(H2,29,30,31,32). The number of hydrogen-bond donors (Lipinski definition) is 4. The summed E-state index contributed by atoms with van der Waals surface area (Å²) in [6.07, 6.45) is 5.81. The van der Waals surface area contributed by atoms with Crippen LogP contribution in [0.5, 0.6) is 5.75 Å². The molecule has 0 atom stereocenters. The van der Waals surface area contributed by atoms with E-state index in [2.05, 4.69) is 60.6 Å². The Morgan fingerprint density at radius 3 is 2.43 bits per heavy atom. The van der Waals surface area contributed by atoms with E-state index in [-0.39, 0.29) is 0 Å². The van der Waals surface area contributed by atoms with Gasteiger partial charge in [0.1, 0.15) is 10.8 Å². The maximum absolute atomic E-state index is 6.44. The van der Waals surface area contributed by atoms with Crippen molar-refractivity contribution < 1.29 is 4.74 Å². The van der Waals surface area contributed by atoms with Gasteiger partial charge in [-0.05, 0) is 45.1 Å². The van der Waals surface area contributed by atoms with Gasteiger partial charge in [0.05, 0.1) is 41.7 Å². The van der Waals surface area contributed by atoms with E-state index in [1.165, 1.54) is 11.9 Å². The molecule has 0 spiro atoms. The van der Waals surface area contributed by atoms with Crippen LogP contribution in [0.1, 0.15) is 12.8 Å². The fraction of sp³-hybridized carbons (Fsp3) is 0.385. The lowest BCUT2D eigenvalue weighted by Crippen LogP contribution is -2.42. The number of aromatic nitrogens is 2. The van der Waals surface area contributed by atoms with Crippen molar-refractivity contribution in [1.29, 1.82) is 0 Å². The van der Waals surface area contributed by atoms with Gasteiger partial charge < -0.3 is 35.2 Å². The van der Waals surface area contributed by atoms with Crippen molar-refractivity contribution in [3.8, 4) is 5.75 Å². The molecule has 37 heavy (non-hydrogen) atoms. The normalized spacial score (nSPS) is 14.0. The first-order chi connectivity index (χ1) is 17.9. The molecule has 0 aliphatic carbocycles. The number of methoxy groups -OCH3 is 1. The van der Waals surface area contributed by atoms with Crippen LogP contribution in [0, 0.1) is 0 Å². The molecule has 0 unspecified atom stereocenters. The molecule has 0 bridgehead atoms. The number of nitrogens with one attached hydrogen (secondary N) is 4. The zero-order valence-corrected chi connectivity index (χ0v) is 23.5. The number of benzene rings is 2. The molecule has 0 saturated carbocycles. The van der Waals surface area contributed by atoms with Crippen LogP contribution in [-0.2, 0) is 0 Å². The Morgan fingerprint density at radius 1 is 1.05 bits per heavy atom. The second-order valence-corrected chi connectivity index (χ2v) is 10.0. The SMILES string of the molecule is CNc1cc(Nc2ncc(Cl)c(Nc3ccccc3NSC)n2)c(OC)cc1N1CCC(N(C)C)CC1. The largest absolute Gasteiger partial charge is 0.494 e. The van der Waals surface area contributed by atoms with Crippen molar-refractivity contribution in [2.45, 2.75) is 18.9 Å². The molecule has 3 aromatic rings. The van der Waals surface area contributed by atoms with Gasteiger partial charge in [0.2, 0.25) is 5.95 Å². The molecule has 4 N–H and O–H groups in total. The van der Waals surface area contributed by atoms with Gasteiger partial charge in [0, 0.05) is 38.5 Å². The number of nitrogens with zero attached hydrogens (tertiary/aromatic N) is 4. The minimum absolute atomic E-state index is 0.405. The van der Waals surface area contributed by atoms with Crippen molar-refractivity contribution >= 4 is 63.8 Å². The summed E-state index contributed by atoms with van der Waals surface area (Å²) in [5.74, 6) is 1.62. The van der Waals surface area contributed by atoms with E-state index >= 15 is 0 Å². The first-order valence-corrected chi connectivity index (χ1v) is 13.8. The first-order valence-electron chi connectivity index (χ1n) is 12.2. The van der Waals surface area contributed by atoms with E-state index in [0.29, 0.717) is 28.6 Å². The Kier molecular flexibility index (Phi) is 9.07. The van der Waals surface area contributed by atoms with E-state index in [4.69, 9.17) is 16.3 Å². The molecule has 1 fully saturated rings. The minimum atomic E-state index is 0.405. The molecule has 0 radical (unpaired) electrons. The van der Waals surface area contributed by atoms with E-state index in [1.54, 1.807) is 13.3 Å². The first kappa shape index (κ1) is 27.0. The predicted octanol–water partition coefficient (Wildman–Crippen LogP) is 5.89. The molecular formula is C26H35ClN8OS. The maximum Gasteiger partial charge on any atom is 0.229 e. The zero-order chi connectivity index (χ0) is 26.4. The number of piperidine rings is 1. The van der Waals surface area contributed by atoms with Crippen LogP contribution in [0.2, 0.25) is 5.02 Å². The molecule has 1 saturated heterocycles. The predicted molar refractivity (Wildman–Crippen MR) is 159 cm³/mol. The van der Waals surface area contributed by atoms with Crippen molar-refractivity contribution in [1.82, 2.24) is 14.9 Å². The van der Waals surface area contributed by atoms with Gasteiger partial charge in [-0.1, -0.05) is 35.7 Å². The van der Waals surface area contributed by atoms with Crippen LogP contribution in [0.4, 0.5) is 40.2 Å². The zero-order valence-electron chi connectivity index (χ0n) is 21.9. The molecule has 1 aromatic heterocycles. The van der Waals surface area contributed by atoms with Crippen LogP contribution in [0.15, 0.2) is 42.6 Å². The smallest absolute Gasteiger partial charge is 0.229 e. The average Bonchev–Trinajstić information content (AvgIpc) is 2.91. The van der Waals surface area contributed by atoms with Gasteiger partial charge in [-0.25, -0.2) is 4.98 Å². The molecular weight excluding hydrogens is 508 g/mol. The van der Waals surface area contributed by atoms with E-state index < -0.39 is 0 Å². The highest BCUT2D eigenvalue weighted by atomic mass is 35.5. The summed E-state index contributed by atoms with van der Waals surface area (Å²) in [4.78, 5) is 13.8. The molecule has 1 aliphatic rings. The molecule has 198 valence electrons. The summed E-state index contributed by atoms with van der Waals surface area (Å²) < 4.78 is 9.03. The Hall–Kier alpha value is -3.08. The number of hydrogen-bond acceptors (Lipinski definition) is 10. The van der Waals surface area contributed by atoms with Crippen molar-refractivity contribution in [3.63, 3.8) is 0 Å². The van der Waals surface area contributed by atoms with Crippen molar-refractivity contribution in [3.05, 3.63) is 47.6 Å². The summed E-state index contributed by atoms with van der Waals surface area (Å²) in [7, 11) is 7.92. The minimum Gasteiger partial charge on any atom is -0.494 e. The highest BCUT2D eigenvalue weighted by Crippen LogP contribution is 2.39. The van der Waals surface area contributed by atoms with Crippen LogP contribution in [0.3, 0.4) is 0 Å². The fourth-order valence-corrected chi connectivity index (χ4v) is 5.01. The topological polar surface area (TPSA) is 89.6 Å². The third kappa shape index (κ3) is 6.44. The van der Waals surface area contributed by atoms with Gasteiger partial charge in [0.15, 0.2) is 5.82 Å². The van der Waals surface area contributed by atoms with E-state index in [9.17, 15) is 0 Å². The Labute approximate surface area is 228 Å². The quantitative estimate of drug-likeness (QED) is 0.232. The lowest BCUT2D eigenvalue weighted by molar-refractivity contribution is 0.249. The number of rotatable bonds is 10. The Balaban J connectivity index is 1.58. The Bertz CT molecular complexity index is 1200. The number of anilines is 7. The molecule has 11 heteroatoms. The van der Waals surface area contributed by atoms with E-state index in [1.807, 2.05) is 43.6 Å². The molecule has 2 heterocycles. The van der Waals surface area contributed by atoms with Crippen LogP contribution < -0.4 is 30.3 Å². The van der Waals surface area contributed by atoms with Crippen LogP contribution in [-0.4, -0.2) is 68.5 Å². The number of halogens is 1.